The predicted octanol–water partition coefficient (Wildman–Crippen LogP) is 3.71. The highest BCUT2D eigenvalue weighted by atomic mass is 16.5. The van der Waals surface area contributed by atoms with Crippen molar-refractivity contribution in [3.8, 4) is 0 Å². The number of para-hydroxylation sites is 2. The molecule has 2 heterocycles. The van der Waals surface area contributed by atoms with Gasteiger partial charge in [-0.1, -0.05) is 30.1 Å². The van der Waals surface area contributed by atoms with Crippen LogP contribution in [-0.4, -0.2) is 60.3 Å². The highest BCUT2D eigenvalue weighted by Crippen LogP contribution is 2.32. The minimum absolute atomic E-state index is 0.0209. The van der Waals surface area contributed by atoms with E-state index in [9.17, 15) is 4.79 Å². The third kappa shape index (κ3) is 4.72. The maximum atomic E-state index is 12.9. The zero-order chi connectivity index (χ0) is 20.2. The number of carbonyl (C=O) groups excluding carboxylic acids is 1. The first-order chi connectivity index (χ1) is 14.1. The van der Waals surface area contributed by atoms with Gasteiger partial charge in [-0.3, -0.25) is 4.90 Å². The van der Waals surface area contributed by atoms with E-state index in [4.69, 9.17) is 4.52 Å². The van der Waals surface area contributed by atoms with E-state index < -0.39 is 0 Å². The Morgan fingerprint density at radius 2 is 1.93 bits per heavy atom. The second kappa shape index (κ2) is 8.86. The average Bonchev–Trinajstić information content (AvgIpc) is 3.40. The molecule has 0 atom stereocenters. The maximum absolute atomic E-state index is 12.9. The number of benzene rings is 1. The van der Waals surface area contributed by atoms with Gasteiger partial charge in [-0.25, -0.2) is 4.79 Å². The van der Waals surface area contributed by atoms with Gasteiger partial charge in [0.05, 0.1) is 23.6 Å². The molecule has 1 aromatic heterocycles. The number of amides is 2. The highest BCUT2D eigenvalue weighted by Gasteiger charge is 2.25. The molecule has 0 radical (unpaired) electrons. The number of hydrogen-bond donors (Lipinski definition) is 1. The summed E-state index contributed by atoms with van der Waals surface area (Å²) in [4.78, 5) is 19.4. The number of anilines is 2. The van der Waals surface area contributed by atoms with Gasteiger partial charge in [-0.2, -0.15) is 0 Å². The van der Waals surface area contributed by atoms with E-state index >= 15 is 0 Å². The number of aromatic nitrogens is 1. The lowest BCUT2D eigenvalue weighted by atomic mass is 10.1. The van der Waals surface area contributed by atoms with Gasteiger partial charge in [0.25, 0.3) is 0 Å². The Bertz CT molecular complexity index is 822. The zero-order valence-electron chi connectivity index (χ0n) is 17.4. The summed E-state index contributed by atoms with van der Waals surface area (Å²) in [5.74, 6) is 0.879. The first-order valence-corrected chi connectivity index (χ1v) is 10.6. The quantitative estimate of drug-likeness (QED) is 0.833. The van der Waals surface area contributed by atoms with E-state index in [1.165, 1.54) is 25.7 Å². The number of hydrogen-bond acceptors (Lipinski definition) is 5. The van der Waals surface area contributed by atoms with Crippen molar-refractivity contribution in [2.45, 2.75) is 45.2 Å². The number of nitrogens with one attached hydrogen (secondary N) is 1. The molecule has 2 aromatic rings. The molecule has 2 amide bonds. The van der Waals surface area contributed by atoms with Crippen molar-refractivity contribution in [3.63, 3.8) is 0 Å². The Morgan fingerprint density at radius 3 is 2.62 bits per heavy atom. The van der Waals surface area contributed by atoms with Gasteiger partial charge in [0.2, 0.25) is 0 Å². The topological polar surface area (TPSA) is 64.8 Å². The molecule has 0 spiro atoms. The number of carbonyl (C=O) groups is 1. The predicted molar refractivity (Wildman–Crippen MR) is 114 cm³/mol. The maximum Gasteiger partial charge on any atom is 0.321 e. The van der Waals surface area contributed by atoms with Crippen LogP contribution in [0.25, 0.3) is 0 Å². The van der Waals surface area contributed by atoms with Crippen molar-refractivity contribution in [2.24, 2.45) is 0 Å². The zero-order valence-corrected chi connectivity index (χ0v) is 17.4. The molecule has 0 bridgehead atoms. The van der Waals surface area contributed by atoms with E-state index in [1.54, 1.807) is 0 Å². The van der Waals surface area contributed by atoms with Crippen molar-refractivity contribution in [1.29, 1.82) is 0 Å². The van der Waals surface area contributed by atoms with Crippen LogP contribution in [0.1, 0.15) is 37.1 Å². The molecule has 7 heteroatoms. The average molecular weight is 398 g/mol. The molecule has 2 aliphatic rings. The third-order valence-electron chi connectivity index (χ3n) is 6.11. The van der Waals surface area contributed by atoms with Crippen molar-refractivity contribution >= 4 is 17.4 Å². The first kappa shape index (κ1) is 19.8. The fraction of sp³-hybridized carbons (Fsp3) is 0.545. The van der Waals surface area contributed by atoms with E-state index in [0.717, 1.165) is 42.5 Å². The van der Waals surface area contributed by atoms with Crippen LogP contribution in [0, 0.1) is 6.92 Å². The Morgan fingerprint density at radius 1 is 1.21 bits per heavy atom. The number of rotatable bonds is 5. The normalized spacial score (nSPS) is 18.2. The van der Waals surface area contributed by atoms with Crippen molar-refractivity contribution in [2.75, 3.05) is 43.4 Å². The van der Waals surface area contributed by atoms with Crippen LogP contribution in [-0.2, 0) is 6.54 Å². The van der Waals surface area contributed by atoms with Crippen LogP contribution in [0.4, 0.5) is 16.2 Å². The summed E-state index contributed by atoms with van der Waals surface area (Å²) in [5.41, 5.74) is 2.90. The summed E-state index contributed by atoms with van der Waals surface area (Å²) < 4.78 is 5.31. The van der Waals surface area contributed by atoms with E-state index in [1.807, 2.05) is 36.1 Å². The van der Waals surface area contributed by atoms with Crippen LogP contribution >= 0.6 is 0 Å². The van der Waals surface area contributed by atoms with Gasteiger partial charge in [0, 0.05) is 45.3 Å². The summed E-state index contributed by atoms with van der Waals surface area (Å²) in [6, 6.07) is 10.6. The molecule has 1 aliphatic carbocycles. The molecule has 1 aliphatic heterocycles. The lowest BCUT2D eigenvalue weighted by molar-refractivity contribution is 0.134. The van der Waals surface area contributed by atoms with Crippen molar-refractivity contribution in [3.05, 3.63) is 41.8 Å². The number of aryl methyl sites for hydroxylation is 1. The second-order valence-corrected chi connectivity index (χ2v) is 8.19. The van der Waals surface area contributed by atoms with Gasteiger partial charge in [0.1, 0.15) is 0 Å². The molecule has 29 heavy (non-hydrogen) atoms. The highest BCUT2D eigenvalue weighted by molar-refractivity contribution is 5.93. The molecular formula is C22H31N5O2. The van der Waals surface area contributed by atoms with E-state index in [-0.39, 0.29) is 6.03 Å². The molecule has 1 N–H and O–H groups in total. The molecule has 1 saturated carbocycles. The Balaban J connectivity index is 1.33. The summed E-state index contributed by atoms with van der Waals surface area (Å²) in [6.07, 6.45) is 5.04. The Labute approximate surface area is 172 Å². The van der Waals surface area contributed by atoms with Crippen LogP contribution < -0.4 is 10.2 Å². The fourth-order valence-electron chi connectivity index (χ4n) is 4.39. The van der Waals surface area contributed by atoms with Gasteiger partial charge >= 0.3 is 6.03 Å². The molecule has 1 aromatic carbocycles. The largest absolute Gasteiger partial charge is 0.370 e. The summed E-state index contributed by atoms with van der Waals surface area (Å²) in [6.45, 7) is 5.75. The van der Waals surface area contributed by atoms with Crippen molar-refractivity contribution in [1.82, 2.24) is 15.0 Å². The molecular weight excluding hydrogens is 366 g/mol. The number of piperazine rings is 1. The number of urea groups is 1. The van der Waals surface area contributed by atoms with E-state index in [2.05, 4.69) is 33.4 Å². The molecule has 0 unspecified atom stereocenters. The monoisotopic (exact) mass is 397 g/mol. The SMILES string of the molecule is Cc1cc(CN2CCN(C(=O)Nc3ccccc3N(C)C3CCCC3)CC2)on1. The summed E-state index contributed by atoms with van der Waals surface area (Å²) in [7, 11) is 2.14. The smallest absolute Gasteiger partial charge is 0.321 e. The lowest BCUT2D eigenvalue weighted by Crippen LogP contribution is -2.49. The van der Waals surface area contributed by atoms with Gasteiger partial charge in [-0.05, 0) is 31.9 Å². The minimum atomic E-state index is -0.0209. The second-order valence-electron chi connectivity index (χ2n) is 8.19. The van der Waals surface area contributed by atoms with E-state index in [0.29, 0.717) is 19.1 Å². The minimum Gasteiger partial charge on any atom is -0.370 e. The van der Waals surface area contributed by atoms with Crippen LogP contribution in [0.15, 0.2) is 34.9 Å². The molecule has 4 rings (SSSR count). The van der Waals surface area contributed by atoms with Crippen LogP contribution in [0.3, 0.4) is 0 Å². The van der Waals surface area contributed by atoms with Crippen molar-refractivity contribution < 1.29 is 9.32 Å². The van der Waals surface area contributed by atoms with Crippen LogP contribution in [0.5, 0.6) is 0 Å². The summed E-state index contributed by atoms with van der Waals surface area (Å²) >= 11 is 0. The lowest BCUT2D eigenvalue weighted by Gasteiger charge is -2.34. The van der Waals surface area contributed by atoms with Crippen LogP contribution in [0.2, 0.25) is 0 Å². The number of nitrogens with zero attached hydrogens (tertiary/aromatic N) is 4. The molecule has 1 saturated heterocycles. The first-order valence-electron chi connectivity index (χ1n) is 10.6. The Hall–Kier alpha value is -2.54. The molecule has 156 valence electrons. The summed E-state index contributed by atoms with van der Waals surface area (Å²) in [5, 5.41) is 7.09. The molecule has 2 fully saturated rings. The standard InChI is InChI=1S/C22H31N5O2/c1-17-15-19(29-24-17)16-26-11-13-27(14-12-26)22(28)23-20-9-5-6-10-21(20)25(2)18-7-3-4-8-18/h5-6,9-10,15,18H,3-4,7-8,11-14,16H2,1-2H3,(H,23,28). The van der Waals surface area contributed by atoms with Gasteiger partial charge < -0.3 is 19.6 Å². The van der Waals surface area contributed by atoms with Gasteiger partial charge in [0.15, 0.2) is 5.76 Å². The Kier molecular flexibility index (Phi) is 6.04. The molecule has 7 nitrogen and oxygen atoms in total. The van der Waals surface area contributed by atoms with Gasteiger partial charge in [-0.15, -0.1) is 0 Å². The third-order valence-corrected chi connectivity index (χ3v) is 6.11. The fourth-order valence-corrected chi connectivity index (χ4v) is 4.39.